The van der Waals surface area contributed by atoms with E-state index in [2.05, 4.69) is 19.6 Å². The van der Waals surface area contributed by atoms with Crippen molar-refractivity contribution in [2.75, 3.05) is 6.61 Å². The van der Waals surface area contributed by atoms with Crippen molar-refractivity contribution in [3.8, 4) is 0 Å². The van der Waals surface area contributed by atoms with Crippen molar-refractivity contribution in [2.45, 2.75) is 25.7 Å². The van der Waals surface area contributed by atoms with Crippen LogP contribution in [0.2, 0.25) is 19.6 Å². The van der Waals surface area contributed by atoms with Crippen LogP contribution in [0, 0.1) is 0 Å². The second-order valence-corrected chi connectivity index (χ2v) is 10.6. The average Bonchev–Trinajstić information content (AvgIpc) is 2.52. The Morgan fingerprint density at radius 2 is 1.50 bits per heavy atom. The number of rotatable bonds is 6. The molecule has 0 aliphatic rings. The van der Waals surface area contributed by atoms with Crippen LogP contribution < -0.4 is 0 Å². The smallest absolute Gasteiger partial charge is 0.338 e. The fraction of sp³-hybridized carbons (Fsp3) is 0.278. The third kappa shape index (κ3) is 5.13. The fourth-order valence-electron chi connectivity index (χ4n) is 1.96. The summed E-state index contributed by atoms with van der Waals surface area (Å²) in [6, 6.07) is 18.8. The lowest BCUT2D eigenvalue weighted by molar-refractivity contribution is 0.0158. The van der Waals surface area contributed by atoms with Crippen LogP contribution in [-0.2, 0) is 9.16 Å². The minimum Gasteiger partial charge on any atom is -0.451 e. The maximum Gasteiger partial charge on any atom is 0.338 e. The number of ether oxygens (including phenoxy) is 1. The van der Waals surface area contributed by atoms with E-state index >= 15 is 0 Å². The highest BCUT2D eigenvalue weighted by Crippen LogP contribution is 2.21. The van der Waals surface area contributed by atoms with Gasteiger partial charge >= 0.3 is 5.97 Å². The topological polar surface area (TPSA) is 35.5 Å². The van der Waals surface area contributed by atoms with Crippen LogP contribution in [0.5, 0.6) is 0 Å². The van der Waals surface area contributed by atoms with Gasteiger partial charge in [0.1, 0.15) is 6.10 Å². The van der Waals surface area contributed by atoms with E-state index in [1.807, 2.05) is 48.5 Å². The van der Waals surface area contributed by atoms with Crippen molar-refractivity contribution in [3.63, 3.8) is 0 Å². The maximum absolute atomic E-state index is 12.3. The Labute approximate surface area is 133 Å². The average molecular weight is 314 g/mol. The molecule has 3 nitrogen and oxygen atoms in total. The molecular formula is C18H22O3Si. The number of hydrogen-bond donors (Lipinski definition) is 0. The Morgan fingerprint density at radius 1 is 0.955 bits per heavy atom. The molecule has 0 heterocycles. The van der Waals surface area contributed by atoms with Gasteiger partial charge in [-0.2, -0.15) is 0 Å². The van der Waals surface area contributed by atoms with E-state index in [0.29, 0.717) is 12.2 Å². The summed E-state index contributed by atoms with van der Waals surface area (Å²) < 4.78 is 11.6. The van der Waals surface area contributed by atoms with Gasteiger partial charge in [0.25, 0.3) is 0 Å². The highest BCUT2D eigenvalue weighted by molar-refractivity contribution is 6.69. The van der Waals surface area contributed by atoms with Gasteiger partial charge in [-0.1, -0.05) is 48.5 Å². The SMILES string of the molecule is C[Si](C)(C)OCC(OC(=O)c1ccccc1)c1ccccc1. The quantitative estimate of drug-likeness (QED) is 0.584. The molecule has 0 amide bonds. The van der Waals surface area contributed by atoms with Crippen LogP contribution in [0.3, 0.4) is 0 Å². The molecular weight excluding hydrogens is 292 g/mol. The van der Waals surface area contributed by atoms with Crippen LogP contribution in [0.4, 0.5) is 0 Å². The van der Waals surface area contributed by atoms with Crippen LogP contribution in [0.1, 0.15) is 22.0 Å². The zero-order valence-corrected chi connectivity index (χ0v) is 14.3. The van der Waals surface area contributed by atoms with Crippen LogP contribution >= 0.6 is 0 Å². The molecule has 0 aliphatic heterocycles. The van der Waals surface area contributed by atoms with Crippen molar-refractivity contribution in [1.82, 2.24) is 0 Å². The predicted molar refractivity (Wildman–Crippen MR) is 90.3 cm³/mol. The van der Waals surface area contributed by atoms with Crippen LogP contribution in [-0.4, -0.2) is 20.9 Å². The first-order valence-corrected chi connectivity index (χ1v) is 10.8. The molecule has 0 bridgehead atoms. The number of hydrogen-bond acceptors (Lipinski definition) is 3. The van der Waals surface area contributed by atoms with E-state index in [9.17, 15) is 4.79 Å². The van der Waals surface area contributed by atoms with Gasteiger partial charge in [-0.25, -0.2) is 4.79 Å². The molecule has 4 heteroatoms. The zero-order valence-electron chi connectivity index (χ0n) is 13.3. The molecule has 1 atom stereocenters. The van der Waals surface area contributed by atoms with Gasteiger partial charge in [0, 0.05) is 0 Å². The lowest BCUT2D eigenvalue weighted by atomic mass is 10.1. The molecule has 1 unspecified atom stereocenters. The summed E-state index contributed by atoms with van der Waals surface area (Å²) in [5, 5.41) is 0. The zero-order chi connectivity index (χ0) is 16.0. The van der Waals surface area contributed by atoms with Gasteiger partial charge in [0.2, 0.25) is 0 Å². The Bertz CT molecular complexity index is 591. The standard InChI is InChI=1S/C18H22O3Si/c1-22(2,3)20-14-17(15-10-6-4-7-11-15)21-18(19)16-12-8-5-9-13-16/h4-13,17H,14H2,1-3H3. The summed E-state index contributed by atoms with van der Waals surface area (Å²) in [4.78, 5) is 12.3. The van der Waals surface area contributed by atoms with Crippen molar-refractivity contribution in [3.05, 3.63) is 71.8 Å². The lowest BCUT2D eigenvalue weighted by Crippen LogP contribution is -2.29. The van der Waals surface area contributed by atoms with Gasteiger partial charge in [-0.15, -0.1) is 0 Å². The van der Waals surface area contributed by atoms with Gasteiger partial charge in [0.15, 0.2) is 8.32 Å². The summed E-state index contributed by atoms with van der Waals surface area (Å²) >= 11 is 0. The van der Waals surface area contributed by atoms with E-state index in [4.69, 9.17) is 9.16 Å². The molecule has 0 saturated heterocycles. The van der Waals surface area contributed by atoms with E-state index in [-0.39, 0.29) is 12.1 Å². The minimum absolute atomic E-state index is 0.325. The Morgan fingerprint density at radius 3 is 2.05 bits per heavy atom. The molecule has 0 aromatic heterocycles. The largest absolute Gasteiger partial charge is 0.451 e. The first-order valence-electron chi connectivity index (χ1n) is 7.41. The summed E-state index contributed by atoms with van der Waals surface area (Å²) in [5.41, 5.74) is 1.50. The van der Waals surface area contributed by atoms with Crippen molar-refractivity contribution < 1.29 is 14.0 Å². The maximum atomic E-state index is 12.3. The third-order valence-electron chi connectivity index (χ3n) is 3.10. The third-order valence-corrected chi connectivity index (χ3v) is 4.13. The van der Waals surface area contributed by atoms with E-state index < -0.39 is 8.32 Å². The molecule has 0 N–H and O–H groups in total. The number of carbonyl (C=O) groups is 1. The van der Waals surface area contributed by atoms with Gasteiger partial charge in [-0.3, -0.25) is 0 Å². The molecule has 22 heavy (non-hydrogen) atoms. The summed E-state index contributed by atoms with van der Waals surface area (Å²) in [7, 11) is -1.67. The minimum atomic E-state index is -1.67. The fourth-order valence-corrected chi connectivity index (χ4v) is 2.61. The normalized spacial score (nSPS) is 12.7. The molecule has 0 aliphatic carbocycles. The van der Waals surface area contributed by atoms with Gasteiger partial charge in [-0.05, 0) is 37.3 Å². The van der Waals surface area contributed by atoms with Crippen molar-refractivity contribution >= 4 is 14.3 Å². The number of benzene rings is 2. The Balaban J connectivity index is 2.12. The molecule has 2 aromatic carbocycles. The van der Waals surface area contributed by atoms with Gasteiger partial charge < -0.3 is 9.16 Å². The predicted octanol–water partition coefficient (Wildman–Crippen LogP) is 4.44. The van der Waals surface area contributed by atoms with E-state index in [1.165, 1.54) is 0 Å². The van der Waals surface area contributed by atoms with E-state index in [0.717, 1.165) is 5.56 Å². The molecule has 0 fully saturated rings. The van der Waals surface area contributed by atoms with Crippen LogP contribution in [0.25, 0.3) is 0 Å². The second-order valence-electron chi connectivity index (χ2n) is 6.09. The highest BCUT2D eigenvalue weighted by atomic mass is 28.4. The lowest BCUT2D eigenvalue weighted by Gasteiger charge is -2.23. The summed E-state index contributed by atoms with van der Waals surface area (Å²) in [6.45, 7) is 6.74. The number of esters is 1. The monoisotopic (exact) mass is 314 g/mol. The first kappa shape index (κ1) is 16.5. The molecule has 2 aromatic rings. The molecule has 0 saturated carbocycles. The first-order chi connectivity index (χ1) is 10.5. The summed E-state index contributed by atoms with van der Waals surface area (Å²) in [5.74, 6) is -0.325. The summed E-state index contributed by atoms with van der Waals surface area (Å²) in [6.07, 6.45) is -0.388. The van der Waals surface area contributed by atoms with Crippen molar-refractivity contribution in [2.24, 2.45) is 0 Å². The molecule has 2 rings (SSSR count). The van der Waals surface area contributed by atoms with Crippen LogP contribution in [0.15, 0.2) is 60.7 Å². The Kier molecular flexibility index (Phi) is 5.52. The Hall–Kier alpha value is -1.91. The number of carbonyl (C=O) groups excluding carboxylic acids is 1. The van der Waals surface area contributed by atoms with Crippen molar-refractivity contribution in [1.29, 1.82) is 0 Å². The molecule has 116 valence electrons. The molecule has 0 radical (unpaired) electrons. The van der Waals surface area contributed by atoms with Gasteiger partial charge in [0.05, 0.1) is 12.2 Å². The highest BCUT2D eigenvalue weighted by Gasteiger charge is 2.22. The van der Waals surface area contributed by atoms with E-state index in [1.54, 1.807) is 12.1 Å². The second kappa shape index (κ2) is 7.38. The molecule has 0 spiro atoms.